The van der Waals surface area contributed by atoms with Crippen molar-refractivity contribution in [2.45, 2.75) is 64.1 Å². The maximum absolute atomic E-state index is 12.1. The summed E-state index contributed by atoms with van der Waals surface area (Å²) in [5.41, 5.74) is -1.72. The quantitative estimate of drug-likeness (QED) is 0.766. The fourth-order valence-electron chi connectivity index (χ4n) is 1.22. The molecule has 0 radical (unpaired) electrons. The number of hydrogen-bond donors (Lipinski definition) is 1. The molecule has 0 heterocycles. The number of hydrogen-bond acceptors (Lipinski definition) is 5. The molecule has 0 aromatic rings. The van der Waals surface area contributed by atoms with E-state index < -0.39 is 35.4 Å². The van der Waals surface area contributed by atoms with E-state index in [1.807, 2.05) is 16.0 Å². The Labute approximate surface area is 132 Å². The molecule has 0 saturated carbocycles. The molecule has 0 saturated heterocycles. The van der Waals surface area contributed by atoms with Crippen LogP contribution in [0.2, 0.25) is 5.32 Å². The molecule has 0 aromatic heterocycles. The van der Waals surface area contributed by atoms with Gasteiger partial charge in [-0.05, 0) is 0 Å². The van der Waals surface area contributed by atoms with Crippen molar-refractivity contribution < 1.29 is 29.0 Å². The predicted molar refractivity (Wildman–Crippen MR) is 77.7 cm³/mol. The van der Waals surface area contributed by atoms with Crippen molar-refractivity contribution in [2.24, 2.45) is 0 Å². The summed E-state index contributed by atoms with van der Waals surface area (Å²) in [6, 6.07) is -1.37. The van der Waals surface area contributed by atoms with Gasteiger partial charge in [0.15, 0.2) is 0 Å². The molecule has 0 aliphatic carbocycles. The first-order valence-corrected chi connectivity index (χ1v) is 7.70. The van der Waals surface area contributed by atoms with Crippen LogP contribution in [0.5, 0.6) is 0 Å². The number of amides is 2. The van der Waals surface area contributed by atoms with Gasteiger partial charge in [0.1, 0.15) is 0 Å². The van der Waals surface area contributed by atoms with Crippen molar-refractivity contribution in [2.75, 3.05) is 0 Å². The molecule has 1 N–H and O–H groups in total. The molecule has 7 nitrogen and oxygen atoms in total. The topological polar surface area (TPSA) is 93.1 Å². The maximum atomic E-state index is 12.1. The molecule has 0 bridgehead atoms. The van der Waals surface area contributed by atoms with Crippen LogP contribution in [0.15, 0.2) is 0 Å². The molecule has 0 unspecified atom stereocenters. The minimum atomic E-state index is -1.37. The van der Waals surface area contributed by atoms with Gasteiger partial charge < -0.3 is 0 Å². The SMILES string of the molecule is CC(C)(C)OC(=O)N(C(=O)OC(C)(C)C)[C@@H](C[SeH])C(=O)O. The molecule has 0 spiro atoms. The van der Waals surface area contributed by atoms with Gasteiger partial charge in [0.25, 0.3) is 0 Å². The van der Waals surface area contributed by atoms with Crippen molar-refractivity contribution in [3.63, 3.8) is 0 Å². The Morgan fingerprint density at radius 1 is 1.00 bits per heavy atom. The van der Waals surface area contributed by atoms with Crippen molar-refractivity contribution in [1.82, 2.24) is 4.90 Å². The molecule has 0 aliphatic rings. The molecule has 8 heteroatoms. The minimum absolute atomic E-state index is 0.0131. The zero-order valence-electron chi connectivity index (χ0n) is 13.2. The van der Waals surface area contributed by atoms with E-state index in [-0.39, 0.29) is 5.32 Å². The third-order valence-electron chi connectivity index (χ3n) is 1.95. The summed E-state index contributed by atoms with van der Waals surface area (Å²) in [6.07, 6.45) is -2.09. The number of nitrogens with zero attached hydrogens (tertiary/aromatic N) is 1. The Hall–Kier alpha value is -1.27. The zero-order valence-corrected chi connectivity index (χ0v) is 15.0. The van der Waals surface area contributed by atoms with E-state index in [0.717, 1.165) is 0 Å². The van der Waals surface area contributed by atoms with Gasteiger partial charge >= 0.3 is 132 Å². The summed E-state index contributed by atoms with van der Waals surface area (Å²) in [4.78, 5) is 36.0. The molecule has 2 amide bonds. The van der Waals surface area contributed by atoms with Gasteiger partial charge in [0.2, 0.25) is 0 Å². The average Bonchev–Trinajstić information content (AvgIpc) is 2.19. The summed E-state index contributed by atoms with van der Waals surface area (Å²) in [7, 11) is 0. The summed E-state index contributed by atoms with van der Waals surface area (Å²) < 4.78 is 10.2. The van der Waals surface area contributed by atoms with Crippen molar-refractivity contribution in [3.05, 3.63) is 0 Å². The molecule has 0 rings (SSSR count). The van der Waals surface area contributed by atoms with E-state index in [9.17, 15) is 19.5 Å². The Morgan fingerprint density at radius 3 is 1.52 bits per heavy atom. The van der Waals surface area contributed by atoms with Gasteiger partial charge in [-0.15, -0.1) is 0 Å². The van der Waals surface area contributed by atoms with Gasteiger partial charge in [-0.3, -0.25) is 0 Å². The molecular weight excluding hydrogens is 345 g/mol. The van der Waals surface area contributed by atoms with E-state index in [0.29, 0.717) is 4.90 Å². The van der Waals surface area contributed by atoms with E-state index in [2.05, 4.69) is 0 Å². The zero-order chi connectivity index (χ0) is 17.0. The van der Waals surface area contributed by atoms with Crippen LogP contribution >= 0.6 is 0 Å². The van der Waals surface area contributed by atoms with Crippen LogP contribution < -0.4 is 0 Å². The van der Waals surface area contributed by atoms with Gasteiger partial charge in [0.05, 0.1) is 0 Å². The second kappa shape index (κ2) is 7.13. The van der Waals surface area contributed by atoms with Crippen LogP contribution in [-0.2, 0) is 14.3 Å². The average molecular weight is 368 g/mol. The number of imide groups is 1. The first kappa shape index (κ1) is 19.7. The van der Waals surface area contributed by atoms with Crippen molar-refractivity contribution in [3.8, 4) is 0 Å². The summed E-state index contributed by atoms with van der Waals surface area (Å²) in [5, 5.41) is 9.16. The number of carbonyl (C=O) groups is 3. The first-order chi connectivity index (χ1) is 9.28. The fourth-order valence-corrected chi connectivity index (χ4v) is 1.89. The van der Waals surface area contributed by atoms with Crippen LogP contribution in [0.4, 0.5) is 9.59 Å². The summed E-state index contributed by atoms with van der Waals surface area (Å²) in [5.74, 6) is -1.31. The number of carboxylic acid groups (broad SMARTS) is 1. The van der Waals surface area contributed by atoms with E-state index in [4.69, 9.17) is 9.47 Å². The van der Waals surface area contributed by atoms with Crippen LogP contribution in [0.25, 0.3) is 0 Å². The number of rotatable bonds is 3. The normalized spacial score (nSPS) is 13.3. The summed E-state index contributed by atoms with van der Waals surface area (Å²) >= 11 is 2.03. The van der Waals surface area contributed by atoms with Crippen LogP contribution in [0.3, 0.4) is 0 Å². The Kier molecular flexibility index (Phi) is 6.70. The Bertz CT molecular complexity index is 382. The van der Waals surface area contributed by atoms with E-state index in [1.165, 1.54) is 0 Å². The van der Waals surface area contributed by atoms with Crippen molar-refractivity contribution in [1.29, 1.82) is 0 Å². The Morgan fingerprint density at radius 2 is 1.33 bits per heavy atom. The standard InChI is InChI=1S/C13H23NO6Se/c1-12(2,3)19-10(17)14(8(7-21)9(15)16)11(18)20-13(4,5)6/h8,21H,7H2,1-6H3,(H,15,16)/t8-/m0/s1. The number of carboxylic acids is 1. The number of ether oxygens (including phenoxy) is 2. The third kappa shape index (κ3) is 7.34. The number of aliphatic carboxylic acids is 1. The van der Waals surface area contributed by atoms with Gasteiger partial charge in [-0.25, -0.2) is 0 Å². The predicted octanol–water partition coefficient (Wildman–Crippen LogP) is 1.93. The molecule has 21 heavy (non-hydrogen) atoms. The molecule has 0 fully saturated rings. The van der Waals surface area contributed by atoms with Gasteiger partial charge in [-0.1, -0.05) is 0 Å². The molecule has 122 valence electrons. The van der Waals surface area contributed by atoms with Crippen LogP contribution in [0.1, 0.15) is 41.5 Å². The van der Waals surface area contributed by atoms with Crippen molar-refractivity contribution >= 4 is 34.2 Å². The van der Waals surface area contributed by atoms with Gasteiger partial charge in [-0.2, -0.15) is 0 Å². The Balaban J connectivity index is 5.42. The molecule has 0 aromatic carbocycles. The van der Waals surface area contributed by atoms with E-state index in [1.54, 1.807) is 41.5 Å². The number of carbonyl (C=O) groups excluding carboxylic acids is 2. The molecule has 1 atom stereocenters. The van der Waals surface area contributed by atoms with Gasteiger partial charge in [0, 0.05) is 0 Å². The fraction of sp³-hybridized carbons (Fsp3) is 0.769. The van der Waals surface area contributed by atoms with Crippen LogP contribution in [-0.4, -0.2) is 61.4 Å². The van der Waals surface area contributed by atoms with E-state index >= 15 is 0 Å². The summed E-state index contributed by atoms with van der Waals surface area (Å²) in [6.45, 7) is 9.73. The third-order valence-corrected chi connectivity index (χ3v) is 2.68. The monoisotopic (exact) mass is 369 g/mol. The first-order valence-electron chi connectivity index (χ1n) is 6.37. The second-order valence-corrected chi connectivity index (χ2v) is 7.13. The van der Waals surface area contributed by atoms with Crippen LogP contribution in [0, 0.1) is 0 Å². The molecular formula is C13H23NO6Se. The molecule has 0 aliphatic heterocycles. The second-order valence-electron chi connectivity index (χ2n) is 6.37.